The SMILES string of the molecule is CN=C(NCCc1cccc(Cl)c1)NCC1CCN(S(C)(=O)=O)CC1. The van der Waals surface area contributed by atoms with Gasteiger partial charge in [0, 0.05) is 38.2 Å². The molecule has 1 aromatic rings. The third kappa shape index (κ3) is 6.84. The van der Waals surface area contributed by atoms with Crippen molar-refractivity contribution >= 4 is 27.6 Å². The summed E-state index contributed by atoms with van der Waals surface area (Å²) in [6, 6.07) is 7.84. The molecule has 6 nitrogen and oxygen atoms in total. The van der Waals surface area contributed by atoms with E-state index in [1.807, 2.05) is 18.2 Å². The minimum atomic E-state index is -3.06. The van der Waals surface area contributed by atoms with Crippen molar-refractivity contribution < 1.29 is 8.42 Å². The van der Waals surface area contributed by atoms with Gasteiger partial charge in [0.2, 0.25) is 10.0 Å². The smallest absolute Gasteiger partial charge is 0.211 e. The Kier molecular flexibility index (Phi) is 7.53. The van der Waals surface area contributed by atoms with E-state index in [-0.39, 0.29) is 0 Å². The van der Waals surface area contributed by atoms with Crippen LogP contribution in [0.15, 0.2) is 29.3 Å². The van der Waals surface area contributed by atoms with Gasteiger partial charge in [-0.05, 0) is 42.9 Å². The third-order valence-electron chi connectivity index (χ3n) is 4.42. The van der Waals surface area contributed by atoms with Gasteiger partial charge in [-0.1, -0.05) is 23.7 Å². The van der Waals surface area contributed by atoms with Gasteiger partial charge in [0.05, 0.1) is 6.26 Å². The first-order chi connectivity index (χ1) is 11.9. The van der Waals surface area contributed by atoms with Gasteiger partial charge in [0.25, 0.3) is 0 Å². The van der Waals surface area contributed by atoms with Crippen LogP contribution in [0.5, 0.6) is 0 Å². The Labute approximate surface area is 155 Å². The van der Waals surface area contributed by atoms with Crippen LogP contribution in [0.1, 0.15) is 18.4 Å². The van der Waals surface area contributed by atoms with Gasteiger partial charge >= 0.3 is 0 Å². The zero-order valence-corrected chi connectivity index (χ0v) is 16.4. The Morgan fingerprint density at radius 1 is 1.32 bits per heavy atom. The van der Waals surface area contributed by atoms with E-state index in [0.29, 0.717) is 19.0 Å². The summed E-state index contributed by atoms with van der Waals surface area (Å²) in [7, 11) is -1.31. The molecule has 0 radical (unpaired) electrons. The van der Waals surface area contributed by atoms with E-state index in [1.54, 1.807) is 11.4 Å². The minimum absolute atomic E-state index is 0.462. The average molecular weight is 387 g/mol. The van der Waals surface area contributed by atoms with Crippen molar-refractivity contribution in [2.45, 2.75) is 19.3 Å². The van der Waals surface area contributed by atoms with Gasteiger partial charge in [0.1, 0.15) is 0 Å². The number of rotatable bonds is 6. The fourth-order valence-electron chi connectivity index (χ4n) is 2.92. The topological polar surface area (TPSA) is 73.8 Å². The summed E-state index contributed by atoms with van der Waals surface area (Å²) in [5.41, 5.74) is 1.18. The van der Waals surface area contributed by atoms with Gasteiger partial charge in [-0.2, -0.15) is 0 Å². The second-order valence-corrected chi connectivity index (χ2v) is 8.78. The second kappa shape index (κ2) is 9.40. The molecule has 0 spiro atoms. The number of nitrogens with one attached hydrogen (secondary N) is 2. The van der Waals surface area contributed by atoms with E-state index in [0.717, 1.165) is 43.3 Å². The molecule has 0 atom stereocenters. The van der Waals surface area contributed by atoms with Crippen LogP contribution >= 0.6 is 11.6 Å². The van der Waals surface area contributed by atoms with Crippen LogP contribution in [0.25, 0.3) is 0 Å². The zero-order valence-electron chi connectivity index (χ0n) is 14.8. The molecule has 0 aromatic heterocycles. The molecule has 1 aliphatic heterocycles. The van der Waals surface area contributed by atoms with Gasteiger partial charge in [0.15, 0.2) is 5.96 Å². The van der Waals surface area contributed by atoms with Gasteiger partial charge in [-0.25, -0.2) is 12.7 Å². The number of aliphatic imine (C=N–C) groups is 1. The lowest BCUT2D eigenvalue weighted by Gasteiger charge is -2.30. The van der Waals surface area contributed by atoms with Crippen molar-refractivity contribution in [3.05, 3.63) is 34.9 Å². The van der Waals surface area contributed by atoms with Crippen molar-refractivity contribution in [1.29, 1.82) is 0 Å². The number of benzene rings is 1. The van der Waals surface area contributed by atoms with Gasteiger partial charge in [-0.15, -0.1) is 0 Å². The molecule has 1 heterocycles. The van der Waals surface area contributed by atoms with E-state index >= 15 is 0 Å². The molecule has 0 aliphatic carbocycles. The molecule has 2 N–H and O–H groups in total. The maximum Gasteiger partial charge on any atom is 0.211 e. The number of guanidine groups is 1. The molecule has 8 heteroatoms. The molecule has 1 saturated heterocycles. The highest BCUT2D eigenvalue weighted by molar-refractivity contribution is 7.88. The summed E-state index contributed by atoms with van der Waals surface area (Å²) in [4.78, 5) is 4.24. The monoisotopic (exact) mass is 386 g/mol. The number of sulfonamides is 1. The van der Waals surface area contributed by atoms with Crippen LogP contribution in [0, 0.1) is 5.92 Å². The number of hydrogen-bond acceptors (Lipinski definition) is 3. The number of halogens is 1. The first-order valence-electron chi connectivity index (χ1n) is 8.52. The van der Waals surface area contributed by atoms with Crippen LogP contribution in [-0.4, -0.2) is 58.2 Å². The summed E-state index contributed by atoms with van der Waals surface area (Å²) in [6.07, 6.45) is 3.89. The summed E-state index contributed by atoms with van der Waals surface area (Å²) in [6.45, 7) is 2.78. The summed E-state index contributed by atoms with van der Waals surface area (Å²) >= 11 is 5.99. The maximum absolute atomic E-state index is 11.5. The lowest BCUT2D eigenvalue weighted by molar-refractivity contribution is 0.275. The zero-order chi connectivity index (χ0) is 18.3. The lowest BCUT2D eigenvalue weighted by atomic mass is 9.98. The highest BCUT2D eigenvalue weighted by atomic mass is 35.5. The average Bonchev–Trinajstić information content (AvgIpc) is 2.57. The van der Waals surface area contributed by atoms with E-state index < -0.39 is 10.0 Å². The first-order valence-corrected chi connectivity index (χ1v) is 10.7. The van der Waals surface area contributed by atoms with E-state index in [1.165, 1.54) is 11.8 Å². The van der Waals surface area contributed by atoms with E-state index in [2.05, 4.69) is 21.7 Å². The Morgan fingerprint density at radius 2 is 2.04 bits per heavy atom. The molecule has 2 rings (SSSR count). The Hall–Kier alpha value is -1.31. The molecule has 0 amide bonds. The van der Waals surface area contributed by atoms with Crippen molar-refractivity contribution in [3.63, 3.8) is 0 Å². The summed E-state index contributed by atoms with van der Waals surface area (Å²) in [5, 5.41) is 7.39. The van der Waals surface area contributed by atoms with Crippen molar-refractivity contribution in [2.75, 3.05) is 39.5 Å². The normalized spacial score (nSPS) is 17.5. The van der Waals surface area contributed by atoms with Crippen LogP contribution in [0.3, 0.4) is 0 Å². The first kappa shape index (κ1) is 20.0. The van der Waals surface area contributed by atoms with Crippen LogP contribution < -0.4 is 10.6 Å². The largest absolute Gasteiger partial charge is 0.356 e. The fraction of sp³-hybridized carbons (Fsp3) is 0.588. The summed E-state index contributed by atoms with van der Waals surface area (Å²) in [5.74, 6) is 1.23. The molecule has 1 aromatic carbocycles. The molecule has 0 unspecified atom stereocenters. The van der Waals surface area contributed by atoms with Gasteiger partial charge in [-0.3, -0.25) is 4.99 Å². The third-order valence-corrected chi connectivity index (χ3v) is 5.96. The maximum atomic E-state index is 11.5. The highest BCUT2D eigenvalue weighted by Gasteiger charge is 2.24. The van der Waals surface area contributed by atoms with Gasteiger partial charge < -0.3 is 10.6 Å². The molecule has 1 fully saturated rings. The molecular formula is C17H27ClN4O2S. The minimum Gasteiger partial charge on any atom is -0.356 e. The number of piperidine rings is 1. The van der Waals surface area contributed by atoms with Crippen LogP contribution in [0.4, 0.5) is 0 Å². The quantitative estimate of drug-likeness (QED) is 0.576. The Morgan fingerprint density at radius 3 is 2.64 bits per heavy atom. The molecule has 25 heavy (non-hydrogen) atoms. The summed E-state index contributed by atoms with van der Waals surface area (Å²) < 4.78 is 24.6. The standard InChI is InChI=1S/C17H27ClN4O2S/c1-19-17(20-9-6-14-4-3-5-16(18)12-14)21-13-15-7-10-22(11-8-15)25(2,23)24/h3-5,12,15H,6-11,13H2,1-2H3,(H2,19,20,21). The molecular weight excluding hydrogens is 360 g/mol. The van der Waals surface area contributed by atoms with E-state index in [9.17, 15) is 8.42 Å². The molecule has 140 valence electrons. The number of hydrogen-bond donors (Lipinski definition) is 2. The van der Waals surface area contributed by atoms with Crippen molar-refractivity contribution in [2.24, 2.45) is 10.9 Å². The Balaban J connectivity index is 1.69. The number of nitrogens with zero attached hydrogens (tertiary/aromatic N) is 2. The Bertz CT molecular complexity index is 686. The predicted molar refractivity (Wildman–Crippen MR) is 104 cm³/mol. The highest BCUT2D eigenvalue weighted by Crippen LogP contribution is 2.18. The molecule has 0 bridgehead atoms. The van der Waals surface area contributed by atoms with Crippen LogP contribution in [-0.2, 0) is 16.4 Å². The molecule has 0 saturated carbocycles. The second-order valence-electron chi connectivity index (χ2n) is 6.37. The van der Waals surface area contributed by atoms with E-state index in [4.69, 9.17) is 11.6 Å². The van der Waals surface area contributed by atoms with Crippen molar-refractivity contribution in [1.82, 2.24) is 14.9 Å². The lowest BCUT2D eigenvalue weighted by Crippen LogP contribution is -2.44. The molecule has 1 aliphatic rings. The van der Waals surface area contributed by atoms with Crippen molar-refractivity contribution in [3.8, 4) is 0 Å². The predicted octanol–water partition coefficient (Wildman–Crippen LogP) is 1.72. The fourth-order valence-corrected chi connectivity index (χ4v) is 4.01. The van der Waals surface area contributed by atoms with Crippen LogP contribution in [0.2, 0.25) is 5.02 Å².